The van der Waals surface area contributed by atoms with Crippen LogP contribution in [0, 0.1) is 5.92 Å². The first-order chi connectivity index (χ1) is 4.61. The first-order valence-corrected chi connectivity index (χ1v) is 3.80. The molecule has 0 aliphatic heterocycles. The Morgan fingerprint density at radius 3 is 2.40 bits per heavy atom. The lowest BCUT2D eigenvalue weighted by atomic mass is 10.0. The van der Waals surface area contributed by atoms with Crippen LogP contribution in [-0.4, -0.2) is 4.83 Å². The van der Waals surface area contributed by atoms with E-state index >= 15 is 0 Å². The van der Waals surface area contributed by atoms with Crippen LogP contribution >= 0.6 is 15.9 Å². The summed E-state index contributed by atoms with van der Waals surface area (Å²) >= 11 is 2.32. The number of allylic oxidation sites excluding steroid dienone is 4. The van der Waals surface area contributed by atoms with Gasteiger partial charge in [0.05, 0.1) is 5.92 Å². The standard InChI is InChI=1S/C7H7BrF2/c8-7(9,10)6-4-2-1-3-5-6/h1-4,6H,5H2. The van der Waals surface area contributed by atoms with Crippen LogP contribution in [0.5, 0.6) is 0 Å². The topological polar surface area (TPSA) is 0 Å². The minimum absolute atomic E-state index is 0.411. The lowest BCUT2D eigenvalue weighted by Crippen LogP contribution is -2.18. The minimum Gasteiger partial charge on any atom is -0.193 e. The van der Waals surface area contributed by atoms with Crippen LogP contribution in [0.4, 0.5) is 8.78 Å². The Morgan fingerprint density at radius 1 is 1.40 bits per heavy atom. The molecule has 0 spiro atoms. The van der Waals surface area contributed by atoms with Gasteiger partial charge in [0.15, 0.2) is 0 Å². The molecule has 1 rings (SSSR count). The molecule has 0 fully saturated rings. The van der Waals surface area contributed by atoms with Crippen LogP contribution in [0.15, 0.2) is 24.3 Å². The lowest BCUT2D eigenvalue weighted by molar-refractivity contribution is 0.0684. The maximum absolute atomic E-state index is 12.4. The molecule has 0 nitrogen and oxygen atoms in total. The maximum atomic E-state index is 12.4. The van der Waals surface area contributed by atoms with E-state index in [0.717, 1.165) is 0 Å². The van der Waals surface area contributed by atoms with Gasteiger partial charge in [0.2, 0.25) is 0 Å². The smallest absolute Gasteiger partial charge is 0.193 e. The Kier molecular flexibility index (Phi) is 2.24. The Bertz CT molecular complexity index is 167. The Hall–Kier alpha value is -0.180. The van der Waals surface area contributed by atoms with Crippen LogP contribution in [0.2, 0.25) is 0 Å². The fourth-order valence-corrected chi connectivity index (χ4v) is 1.16. The molecule has 0 amide bonds. The Labute approximate surface area is 66.7 Å². The molecule has 0 aromatic carbocycles. The molecule has 56 valence electrons. The van der Waals surface area contributed by atoms with Crippen molar-refractivity contribution in [2.45, 2.75) is 11.3 Å². The average molecular weight is 209 g/mol. The van der Waals surface area contributed by atoms with Gasteiger partial charge in [-0.25, -0.2) is 0 Å². The lowest BCUT2D eigenvalue weighted by Gasteiger charge is -2.18. The number of rotatable bonds is 1. The quantitative estimate of drug-likeness (QED) is 0.582. The second-order valence-corrected chi connectivity index (χ2v) is 3.25. The van der Waals surface area contributed by atoms with Crippen LogP contribution in [-0.2, 0) is 0 Å². The zero-order valence-corrected chi connectivity index (χ0v) is 6.81. The van der Waals surface area contributed by atoms with Crippen molar-refractivity contribution in [1.29, 1.82) is 0 Å². The summed E-state index contributed by atoms with van der Waals surface area (Å²) in [6, 6.07) is 0. The van der Waals surface area contributed by atoms with Crippen molar-refractivity contribution < 1.29 is 8.78 Å². The summed E-state index contributed by atoms with van der Waals surface area (Å²) in [6.45, 7) is 0. The third-order valence-corrected chi connectivity index (χ3v) is 1.99. The van der Waals surface area contributed by atoms with E-state index in [4.69, 9.17) is 0 Å². The van der Waals surface area contributed by atoms with E-state index in [9.17, 15) is 8.78 Å². The van der Waals surface area contributed by atoms with Gasteiger partial charge < -0.3 is 0 Å². The highest BCUT2D eigenvalue weighted by atomic mass is 79.9. The predicted molar refractivity (Wildman–Crippen MR) is 40.3 cm³/mol. The third-order valence-electron chi connectivity index (χ3n) is 1.40. The molecule has 0 radical (unpaired) electrons. The minimum atomic E-state index is -2.76. The second-order valence-electron chi connectivity index (χ2n) is 2.20. The van der Waals surface area contributed by atoms with Crippen molar-refractivity contribution in [1.82, 2.24) is 0 Å². The summed E-state index contributed by atoms with van der Waals surface area (Å²) in [5.74, 6) is -0.683. The summed E-state index contributed by atoms with van der Waals surface area (Å²) in [7, 11) is 0. The molecule has 1 aliphatic carbocycles. The van der Waals surface area contributed by atoms with Gasteiger partial charge in [0.1, 0.15) is 0 Å². The van der Waals surface area contributed by atoms with Gasteiger partial charge in [0, 0.05) is 0 Å². The molecular weight excluding hydrogens is 202 g/mol. The molecule has 1 unspecified atom stereocenters. The number of hydrogen-bond acceptors (Lipinski definition) is 0. The summed E-state index contributed by atoms with van der Waals surface area (Å²) in [6.07, 6.45) is 7.07. The molecule has 10 heavy (non-hydrogen) atoms. The van der Waals surface area contributed by atoms with Crippen molar-refractivity contribution in [2.75, 3.05) is 0 Å². The number of halogens is 3. The van der Waals surface area contributed by atoms with Gasteiger partial charge in [-0.2, -0.15) is 8.78 Å². The molecule has 1 atom stereocenters. The van der Waals surface area contributed by atoms with E-state index in [1.807, 2.05) is 0 Å². The molecule has 1 aliphatic rings. The molecule has 0 saturated heterocycles. The summed E-state index contributed by atoms with van der Waals surface area (Å²) in [4.78, 5) is -2.76. The van der Waals surface area contributed by atoms with Crippen LogP contribution in [0.3, 0.4) is 0 Å². The van der Waals surface area contributed by atoms with Crippen LogP contribution in [0.25, 0.3) is 0 Å². The van der Waals surface area contributed by atoms with Crippen molar-refractivity contribution in [3.05, 3.63) is 24.3 Å². The molecule has 0 aromatic heterocycles. The van der Waals surface area contributed by atoms with Gasteiger partial charge in [-0.1, -0.05) is 24.3 Å². The summed E-state index contributed by atoms with van der Waals surface area (Å²) < 4.78 is 24.9. The van der Waals surface area contributed by atoms with Gasteiger partial charge in [0.25, 0.3) is 0 Å². The highest BCUT2D eigenvalue weighted by Crippen LogP contribution is 2.35. The molecule has 0 N–H and O–H groups in total. The SMILES string of the molecule is FC(F)(Br)C1C=CC=CC1. The van der Waals surface area contributed by atoms with E-state index < -0.39 is 10.7 Å². The zero-order chi connectivity index (χ0) is 7.61. The maximum Gasteiger partial charge on any atom is 0.307 e. The van der Waals surface area contributed by atoms with E-state index in [-0.39, 0.29) is 0 Å². The average Bonchev–Trinajstić information content (AvgIpc) is 1.88. The summed E-state index contributed by atoms with van der Waals surface area (Å²) in [5, 5.41) is 0. The first-order valence-electron chi connectivity index (χ1n) is 3.01. The molecule has 0 saturated carbocycles. The van der Waals surface area contributed by atoms with E-state index in [2.05, 4.69) is 15.9 Å². The number of alkyl halides is 3. The van der Waals surface area contributed by atoms with E-state index in [0.29, 0.717) is 6.42 Å². The molecule has 3 heteroatoms. The highest BCUT2D eigenvalue weighted by Gasteiger charge is 2.33. The molecule has 0 heterocycles. The molecule has 0 bridgehead atoms. The summed E-state index contributed by atoms with van der Waals surface area (Å²) in [5.41, 5.74) is 0. The second kappa shape index (κ2) is 2.82. The van der Waals surface area contributed by atoms with E-state index in [1.165, 1.54) is 6.08 Å². The van der Waals surface area contributed by atoms with Crippen molar-refractivity contribution >= 4 is 15.9 Å². The van der Waals surface area contributed by atoms with Gasteiger partial charge >= 0.3 is 4.83 Å². The first kappa shape index (κ1) is 7.92. The van der Waals surface area contributed by atoms with Crippen molar-refractivity contribution in [3.8, 4) is 0 Å². The van der Waals surface area contributed by atoms with Gasteiger partial charge in [-0.15, -0.1) is 0 Å². The largest absolute Gasteiger partial charge is 0.307 e. The molecular formula is C7H7BrF2. The fourth-order valence-electron chi connectivity index (χ4n) is 0.823. The Morgan fingerprint density at radius 2 is 2.10 bits per heavy atom. The monoisotopic (exact) mass is 208 g/mol. The van der Waals surface area contributed by atoms with Gasteiger partial charge in [-0.3, -0.25) is 0 Å². The fraction of sp³-hybridized carbons (Fsp3) is 0.429. The number of hydrogen-bond donors (Lipinski definition) is 0. The third kappa shape index (κ3) is 1.90. The zero-order valence-electron chi connectivity index (χ0n) is 5.23. The Balaban J connectivity index is 2.60. The van der Waals surface area contributed by atoms with Crippen molar-refractivity contribution in [3.63, 3.8) is 0 Å². The highest BCUT2D eigenvalue weighted by molar-refractivity contribution is 9.10. The van der Waals surface area contributed by atoms with Crippen molar-refractivity contribution in [2.24, 2.45) is 5.92 Å². The predicted octanol–water partition coefficient (Wildman–Crippen LogP) is 3.11. The van der Waals surface area contributed by atoms with Gasteiger partial charge in [-0.05, 0) is 22.4 Å². The van der Waals surface area contributed by atoms with Crippen LogP contribution < -0.4 is 0 Å². The molecule has 0 aromatic rings. The van der Waals surface area contributed by atoms with E-state index in [1.54, 1.807) is 18.2 Å². The van der Waals surface area contributed by atoms with Crippen LogP contribution in [0.1, 0.15) is 6.42 Å². The normalized spacial score (nSPS) is 25.3.